The molecule has 0 unspecified atom stereocenters. The first-order valence-corrected chi connectivity index (χ1v) is 5.66. The normalized spacial score (nSPS) is 12.4. The number of rotatable bonds is 4. The van der Waals surface area contributed by atoms with Crippen LogP contribution in [0.5, 0.6) is 0 Å². The van der Waals surface area contributed by atoms with E-state index in [1.807, 2.05) is 11.4 Å². The molecule has 0 spiro atoms. The van der Waals surface area contributed by atoms with Gasteiger partial charge < -0.3 is 17.8 Å². The van der Waals surface area contributed by atoms with Gasteiger partial charge >= 0.3 is 6.98 Å². The molecule has 1 rings (SSSR count). The summed E-state index contributed by atoms with van der Waals surface area (Å²) in [4.78, 5) is 1.27. The van der Waals surface area contributed by atoms with Crippen molar-refractivity contribution in [2.45, 2.75) is 6.54 Å². The van der Waals surface area contributed by atoms with E-state index < -0.39 is 13.4 Å². The van der Waals surface area contributed by atoms with Gasteiger partial charge in [0.25, 0.3) is 0 Å². The zero-order chi connectivity index (χ0) is 10.8. The van der Waals surface area contributed by atoms with Crippen LogP contribution in [0.1, 0.15) is 5.56 Å². The summed E-state index contributed by atoms with van der Waals surface area (Å²) >= 11 is 4.74. The molecule has 0 N–H and O–H groups in total. The van der Waals surface area contributed by atoms with Gasteiger partial charge in [-0.15, -0.1) is 11.3 Å². The van der Waals surface area contributed by atoms with Gasteiger partial charge in [0.1, 0.15) is 0 Å². The minimum absolute atomic E-state index is 0.337. The van der Waals surface area contributed by atoms with Crippen LogP contribution in [0.15, 0.2) is 15.2 Å². The van der Waals surface area contributed by atoms with E-state index in [9.17, 15) is 12.9 Å². The van der Waals surface area contributed by atoms with Crippen molar-refractivity contribution in [2.24, 2.45) is 0 Å². The van der Waals surface area contributed by atoms with E-state index >= 15 is 0 Å². The molecule has 0 saturated carbocycles. The zero-order valence-corrected chi connectivity index (χ0v) is 9.92. The van der Waals surface area contributed by atoms with Gasteiger partial charge in [0, 0.05) is 6.54 Å². The average Bonchev–Trinajstić information content (AvgIpc) is 2.30. The summed E-state index contributed by atoms with van der Waals surface area (Å²) in [6.07, 6.45) is -0.812. The fourth-order valence-electron chi connectivity index (χ4n) is 1.16. The van der Waals surface area contributed by atoms with Gasteiger partial charge in [-0.3, -0.25) is 0 Å². The molecule has 0 aromatic carbocycles. The first-order valence-electron chi connectivity index (χ1n) is 3.99. The van der Waals surface area contributed by atoms with E-state index in [4.69, 9.17) is 0 Å². The molecular weight excluding hydrogens is 278 g/mol. The molecule has 1 aromatic rings. The van der Waals surface area contributed by atoms with Crippen molar-refractivity contribution in [2.75, 3.05) is 13.5 Å². The fourth-order valence-corrected chi connectivity index (χ4v) is 2.36. The standard InChI is InChI=1S/C7H9BBrF3NS/c1-13(5-8(10,11)12)3-6-2-7(9)14-4-6/h2,4H,3,5H2,1H3/q-1. The first kappa shape index (κ1) is 12.1. The number of nitrogens with zero attached hydrogens (tertiary/aromatic N) is 1. The van der Waals surface area contributed by atoms with Crippen LogP contribution in [0.2, 0.25) is 0 Å². The molecule has 0 amide bonds. The van der Waals surface area contributed by atoms with Crippen LogP contribution in [0.3, 0.4) is 0 Å². The molecule has 7 heteroatoms. The van der Waals surface area contributed by atoms with Crippen LogP contribution >= 0.6 is 27.3 Å². The van der Waals surface area contributed by atoms with Crippen molar-refractivity contribution in [3.05, 3.63) is 20.8 Å². The number of hydrogen-bond donors (Lipinski definition) is 0. The van der Waals surface area contributed by atoms with E-state index in [2.05, 4.69) is 15.9 Å². The third-order valence-corrected chi connectivity index (χ3v) is 3.15. The molecule has 14 heavy (non-hydrogen) atoms. The topological polar surface area (TPSA) is 3.24 Å². The maximum atomic E-state index is 12.0. The Balaban J connectivity index is 2.45. The molecule has 0 atom stereocenters. The van der Waals surface area contributed by atoms with Gasteiger partial charge in [0.2, 0.25) is 0 Å². The van der Waals surface area contributed by atoms with Crippen LogP contribution in [0.4, 0.5) is 12.9 Å². The molecule has 0 saturated heterocycles. The summed E-state index contributed by atoms with van der Waals surface area (Å²) < 4.78 is 37.0. The molecule has 1 aromatic heterocycles. The molecule has 0 aliphatic rings. The molecule has 0 aliphatic carbocycles. The quantitative estimate of drug-likeness (QED) is 0.768. The maximum Gasteiger partial charge on any atom is 0.492 e. The smallest absolute Gasteiger partial charge is 0.448 e. The molecule has 0 bridgehead atoms. The van der Waals surface area contributed by atoms with Gasteiger partial charge in [0.05, 0.1) is 3.79 Å². The molecular formula is C7H9BBrF3NS-. The Kier molecular flexibility index (Phi) is 4.03. The Morgan fingerprint density at radius 3 is 2.57 bits per heavy atom. The number of thiophene rings is 1. The highest BCUT2D eigenvalue weighted by molar-refractivity contribution is 9.11. The summed E-state index contributed by atoms with van der Waals surface area (Å²) in [5.74, 6) is 0. The van der Waals surface area contributed by atoms with Crippen LogP contribution < -0.4 is 0 Å². The van der Waals surface area contributed by atoms with Crippen molar-refractivity contribution in [3.8, 4) is 0 Å². The van der Waals surface area contributed by atoms with Gasteiger partial charge in [-0.25, -0.2) is 0 Å². The van der Waals surface area contributed by atoms with E-state index in [-0.39, 0.29) is 0 Å². The molecule has 0 fully saturated rings. The minimum atomic E-state index is -4.72. The number of hydrogen-bond acceptors (Lipinski definition) is 2. The van der Waals surface area contributed by atoms with Crippen molar-refractivity contribution >= 4 is 34.2 Å². The van der Waals surface area contributed by atoms with Crippen LogP contribution in [-0.2, 0) is 6.54 Å². The van der Waals surface area contributed by atoms with Crippen molar-refractivity contribution in [1.82, 2.24) is 4.90 Å². The monoisotopic (exact) mass is 286 g/mol. The molecule has 0 radical (unpaired) electrons. The van der Waals surface area contributed by atoms with Crippen LogP contribution in [-0.4, -0.2) is 25.4 Å². The molecule has 80 valence electrons. The molecule has 1 nitrogen and oxygen atoms in total. The minimum Gasteiger partial charge on any atom is -0.448 e. The zero-order valence-electron chi connectivity index (χ0n) is 7.51. The predicted octanol–water partition coefficient (Wildman–Crippen LogP) is 3.33. The van der Waals surface area contributed by atoms with E-state index in [0.717, 1.165) is 9.35 Å². The van der Waals surface area contributed by atoms with Crippen molar-refractivity contribution < 1.29 is 12.9 Å². The summed E-state index contributed by atoms with van der Waals surface area (Å²) in [5, 5.41) is 1.85. The Hall–Kier alpha value is -0.00506. The van der Waals surface area contributed by atoms with Gasteiger partial charge in [-0.2, -0.15) is 0 Å². The average molecular weight is 287 g/mol. The Labute approximate surface area is 93.1 Å². The van der Waals surface area contributed by atoms with Crippen molar-refractivity contribution in [3.63, 3.8) is 0 Å². The van der Waals surface area contributed by atoms with E-state index in [1.165, 1.54) is 23.3 Å². The largest absolute Gasteiger partial charge is 0.492 e. The first-order chi connectivity index (χ1) is 6.37. The lowest BCUT2D eigenvalue weighted by Gasteiger charge is -2.22. The van der Waals surface area contributed by atoms with Crippen LogP contribution in [0.25, 0.3) is 0 Å². The van der Waals surface area contributed by atoms with Gasteiger partial charge in [-0.1, -0.05) is 0 Å². The number of halogens is 4. The third-order valence-electron chi connectivity index (χ3n) is 1.59. The van der Waals surface area contributed by atoms with Gasteiger partial charge in [-0.05, 0) is 46.4 Å². The van der Waals surface area contributed by atoms with Crippen molar-refractivity contribution in [1.29, 1.82) is 0 Å². The Morgan fingerprint density at radius 1 is 1.50 bits per heavy atom. The summed E-state index contributed by atoms with van der Waals surface area (Å²) in [6.45, 7) is -4.38. The Bertz CT molecular complexity index is 301. The summed E-state index contributed by atoms with van der Waals surface area (Å²) in [5.41, 5.74) is 0.907. The fraction of sp³-hybridized carbons (Fsp3) is 0.429. The van der Waals surface area contributed by atoms with E-state index in [0.29, 0.717) is 6.54 Å². The Morgan fingerprint density at radius 2 is 2.14 bits per heavy atom. The lowest BCUT2D eigenvalue weighted by Crippen LogP contribution is -2.34. The second-order valence-corrected chi connectivity index (χ2v) is 5.46. The van der Waals surface area contributed by atoms with Gasteiger partial charge in [0.15, 0.2) is 0 Å². The second kappa shape index (κ2) is 4.68. The lowest BCUT2D eigenvalue weighted by atomic mass is 9.91. The third kappa shape index (κ3) is 4.48. The lowest BCUT2D eigenvalue weighted by molar-refractivity contribution is 0.323. The molecule has 0 aliphatic heterocycles. The predicted molar refractivity (Wildman–Crippen MR) is 57.4 cm³/mol. The summed E-state index contributed by atoms with van der Waals surface area (Å²) in [7, 11) is 1.47. The SMILES string of the molecule is CN(Cc1csc(Br)c1)C[B-](F)(F)F. The second-order valence-electron chi connectivity index (χ2n) is 3.17. The van der Waals surface area contributed by atoms with Crippen LogP contribution in [0, 0.1) is 0 Å². The highest BCUT2D eigenvalue weighted by atomic mass is 79.9. The molecule has 1 heterocycles. The highest BCUT2D eigenvalue weighted by Crippen LogP contribution is 2.22. The maximum absolute atomic E-state index is 12.0. The summed E-state index contributed by atoms with van der Waals surface area (Å²) in [6, 6.07) is 1.84. The van der Waals surface area contributed by atoms with E-state index in [1.54, 1.807) is 0 Å². The highest BCUT2D eigenvalue weighted by Gasteiger charge is 2.24.